The second-order valence-electron chi connectivity index (χ2n) is 5.39. The van der Waals surface area contributed by atoms with Crippen LogP contribution in [0.15, 0.2) is 49.1 Å². The third-order valence-electron chi connectivity index (χ3n) is 3.81. The molecule has 0 aliphatic heterocycles. The number of rotatable bonds is 3. The molecule has 0 saturated heterocycles. The molecule has 0 amide bonds. The summed E-state index contributed by atoms with van der Waals surface area (Å²) in [6.07, 6.45) is 6.87. The molecule has 6 nitrogen and oxygen atoms in total. The molecule has 3 heterocycles. The molecule has 1 aromatic carbocycles. The first-order valence-corrected chi connectivity index (χ1v) is 8.13. The van der Waals surface area contributed by atoms with Gasteiger partial charge in [-0.3, -0.25) is 5.10 Å². The second-order valence-corrected chi connectivity index (χ2v) is 6.20. The lowest BCUT2D eigenvalue weighted by atomic mass is 10.1. The van der Waals surface area contributed by atoms with Crippen LogP contribution in [0.3, 0.4) is 0 Å². The highest BCUT2D eigenvalue weighted by Crippen LogP contribution is 2.35. The molecule has 25 heavy (non-hydrogen) atoms. The number of benzene rings is 1. The second kappa shape index (κ2) is 6.23. The maximum Gasteiger partial charge on any atom is 0.141 e. The third kappa shape index (κ3) is 2.86. The van der Waals surface area contributed by atoms with Gasteiger partial charge in [-0.05, 0) is 18.2 Å². The monoisotopic (exact) mass is 370 g/mol. The first kappa shape index (κ1) is 15.7. The van der Waals surface area contributed by atoms with Gasteiger partial charge in [0, 0.05) is 29.1 Å². The molecule has 4 aromatic rings. The van der Waals surface area contributed by atoms with Crippen LogP contribution < -0.4 is 5.73 Å². The highest BCUT2D eigenvalue weighted by atomic mass is 35.5. The average Bonchev–Trinajstić information content (AvgIpc) is 3.27. The smallest absolute Gasteiger partial charge is 0.141 e. The maximum absolute atomic E-state index is 6.26. The van der Waals surface area contributed by atoms with Crippen molar-refractivity contribution in [1.29, 1.82) is 0 Å². The van der Waals surface area contributed by atoms with Gasteiger partial charge in [0.2, 0.25) is 0 Å². The Kier molecular flexibility index (Phi) is 3.91. The minimum Gasteiger partial charge on any atom is -0.383 e. The zero-order valence-electron chi connectivity index (χ0n) is 12.8. The van der Waals surface area contributed by atoms with Gasteiger partial charge in [-0.25, -0.2) is 9.97 Å². The Morgan fingerprint density at radius 1 is 0.960 bits per heavy atom. The molecular formula is C17H12Cl2N6. The van der Waals surface area contributed by atoms with Crippen LogP contribution in [0.1, 0.15) is 0 Å². The summed E-state index contributed by atoms with van der Waals surface area (Å²) in [6.45, 7) is 0. The van der Waals surface area contributed by atoms with Crippen LogP contribution in [0.4, 0.5) is 5.82 Å². The van der Waals surface area contributed by atoms with E-state index in [1.165, 1.54) is 0 Å². The molecule has 0 saturated carbocycles. The van der Waals surface area contributed by atoms with Crippen LogP contribution >= 0.6 is 23.2 Å². The Balaban J connectivity index is 1.79. The number of nitrogens with one attached hydrogen (secondary N) is 2. The van der Waals surface area contributed by atoms with Gasteiger partial charge >= 0.3 is 0 Å². The highest BCUT2D eigenvalue weighted by Gasteiger charge is 2.14. The first-order valence-electron chi connectivity index (χ1n) is 7.38. The van der Waals surface area contributed by atoms with E-state index in [1.54, 1.807) is 43.0 Å². The summed E-state index contributed by atoms with van der Waals surface area (Å²) in [7, 11) is 0. The van der Waals surface area contributed by atoms with Crippen LogP contribution in [-0.2, 0) is 0 Å². The Hall–Kier alpha value is -2.83. The van der Waals surface area contributed by atoms with Gasteiger partial charge in [-0.1, -0.05) is 29.3 Å². The predicted octanol–water partition coefficient (Wildman–Crippen LogP) is 4.42. The van der Waals surface area contributed by atoms with Crippen LogP contribution in [0.5, 0.6) is 0 Å². The topological polar surface area (TPSA) is 96.3 Å². The first-order chi connectivity index (χ1) is 12.1. The van der Waals surface area contributed by atoms with Gasteiger partial charge in [0.1, 0.15) is 11.6 Å². The molecule has 0 bridgehead atoms. The number of imidazole rings is 1. The number of aromatic nitrogens is 5. The zero-order chi connectivity index (χ0) is 17.4. The quantitative estimate of drug-likeness (QED) is 0.497. The molecule has 0 spiro atoms. The molecule has 124 valence electrons. The van der Waals surface area contributed by atoms with Crippen molar-refractivity contribution in [2.45, 2.75) is 0 Å². The number of nitrogens with zero attached hydrogens (tertiary/aromatic N) is 3. The van der Waals surface area contributed by atoms with E-state index in [2.05, 4.69) is 25.1 Å². The summed E-state index contributed by atoms with van der Waals surface area (Å²) in [5.74, 6) is 0.958. The molecule has 8 heteroatoms. The van der Waals surface area contributed by atoms with E-state index in [0.29, 0.717) is 38.5 Å². The molecule has 0 aliphatic carbocycles. The number of nitrogens with two attached hydrogens (primary N) is 1. The molecule has 0 radical (unpaired) electrons. The van der Waals surface area contributed by atoms with Crippen molar-refractivity contribution < 1.29 is 0 Å². The number of hydrogen-bond acceptors (Lipinski definition) is 4. The van der Waals surface area contributed by atoms with Crippen LogP contribution in [0.2, 0.25) is 10.0 Å². The molecular weight excluding hydrogens is 359 g/mol. The number of halogens is 2. The molecule has 0 aliphatic rings. The summed E-state index contributed by atoms with van der Waals surface area (Å²) >= 11 is 12.5. The number of aromatic amines is 2. The number of H-pyrrole nitrogens is 2. The largest absolute Gasteiger partial charge is 0.383 e. The minimum absolute atomic E-state index is 0.374. The van der Waals surface area contributed by atoms with E-state index >= 15 is 0 Å². The van der Waals surface area contributed by atoms with Crippen molar-refractivity contribution in [3.63, 3.8) is 0 Å². The van der Waals surface area contributed by atoms with Gasteiger partial charge in [-0.2, -0.15) is 5.10 Å². The standard InChI is InChI=1S/C17H12Cl2N6/c18-12-2-1-3-13(19)15(12)14-8-22-17(25-14)11-4-9(5-21-16(11)20)10-6-23-24-7-10/h1-8H,(H2,20,21)(H,22,25)(H,23,24). The van der Waals surface area contributed by atoms with Crippen molar-refractivity contribution >= 4 is 29.0 Å². The summed E-state index contributed by atoms with van der Waals surface area (Å²) in [6, 6.07) is 7.25. The van der Waals surface area contributed by atoms with E-state index in [-0.39, 0.29) is 0 Å². The Morgan fingerprint density at radius 3 is 2.48 bits per heavy atom. The summed E-state index contributed by atoms with van der Waals surface area (Å²) < 4.78 is 0. The van der Waals surface area contributed by atoms with Crippen molar-refractivity contribution in [3.05, 3.63) is 59.1 Å². The van der Waals surface area contributed by atoms with Crippen molar-refractivity contribution in [1.82, 2.24) is 25.1 Å². The molecule has 3 aromatic heterocycles. The van der Waals surface area contributed by atoms with Gasteiger partial charge in [0.25, 0.3) is 0 Å². The number of anilines is 1. The highest BCUT2D eigenvalue weighted by molar-refractivity contribution is 6.39. The van der Waals surface area contributed by atoms with Gasteiger partial charge < -0.3 is 10.7 Å². The number of nitrogen functional groups attached to an aromatic ring is 1. The molecule has 0 fully saturated rings. The normalized spacial score (nSPS) is 11.0. The van der Waals surface area contributed by atoms with E-state index in [4.69, 9.17) is 28.9 Å². The maximum atomic E-state index is 6.26. The fraction of sp³-hybridized carbons (Fsp3) is 0. The Labute approximate surface area is 153 Å². The van der Waals surface area contributed by atoms with E-state index < -0.39 is 0 Å². The lowest BCUT2D eigenvalue weighted by Gasteiger charge is -2.06. The molecule has 0 atom stereocenters. The SMILES string of the molecule is Nc1ncc(-c2cn[nH]c2)cc1-c1ncc(-c2c(Cl)cccc2Cl)[nH]1. The summed E-state index contributed by atoms with van der Waals surface area (Å²) in [5, 5.41) is 7.81. The van der Waals surface area contributed by atoms with E-state index in [0.717, 1.165) is 11.1 Å². The van der Waals surface area contributed by atoms with Gasteiger partial charge in [-0.15, -0.1) is 0 Å². The van der Waals surface area contributed by atoms with E-state index in [9.17, 15) is 0 Å². The fourth-order valence-corrected chi connectivity index (χ4v) is 3.17. The molecule has 4 N–H and O–H groups in total. The zero-order valence-corrected chi connectivity index (χ0v) is 14.3. The molecule has 4 rings (SSSR count). The Morgan fingerprint density at radius 2 is 1.76 bits per heavy atom. The Bertz CT molecular complexity index is 1020. The fourth-order valence-electron chi connectivity index (χ4n) is 2.57. The van der Waals surface area contributed by atoms with E-state index in [1.807, 2.05) is 6.07 Å². The number of pyridine rings is 1. The van der Waals surface area contributed by atoms with Crippen molar-refractivity contribution in [2.24, 2.45) is 0 Å². The number of hydrogen-bond donors (Lipinski definition) is 3. The van der Waals surface area contributed by atoms with Crippen LogP contribution in [0, 0.1) is 0 Å². The van der Waals surface area contributed by atoms with Crippen LogP contribution in [0.25, 0.3) is 33.8 Å². The third-order valence-corrected chi connectivity index (χ3v) is 4.44. The molecule has 0 unspecified atom stereocenters. The summed E-state index contributed by atoms with van der Waals surface area (Å²) in [5.41, 5.74) is 9.92. The van der Waals surface area contributed by atoms with Gasteiger partial charge in [0.15, 0.2) is 0 Å². The lowest BCUT2D eigenvalue weighted by Crippen LogP contribution is -1.96. The van der Waals surface area contributed by atoms with Crippen molar-refractivity contribution in [3.8, 4) is 33.8 Å². The average molecular weight is 371 g/mol. The van der Waals surface area contributed by atoms with Crippen molar-refractivity contribution in [2.75, 3.05) is 5.73 Å². The van der Waals surface area contributed by atoms with Gasteiger partial charge in [0.05, 0.1) is 33.7 Å². The lowest BCUT2D eigenvalue weighted by molar-refractivity contribution is 1.09. The summed E-state index contributed by atoms with van der Waals surface area (Å²) in [4.78, 5) is 11.9. The minimum atomic E-state index is 0.374. The predicted molar refractivity (Wildman–Crippen MR) is 99.3 cm³/mol. The van der Waals surface area contributed by atoms with Crippen LogP contribution in [-0.4, -0.2) is 25.1 Å².